The number of hydrogen-bond acceptors (Lipinski definition) is 5. The van der Waals surface area contributed by atoms with Crippen LogP contribution in [0.1, 0.15) is 10.4 Å². The molecule has 0 aromatic heterocycles. The summed E-state index contributed by atoms with van der Waals surface area (Å²) in [7, 11) is 1.41. The minimum atomic E-state index is -1.20. The molecule has 7 heteroatoms. The number of nitrogens with two attached hydrogens (primary N) is 1. The summed E-state index contributed by atoms with van der Waals surface area (Å²) in [5.41, 5.74) is -0.158. The molecule has 0 saturated carbocycles. The van der Waals surface area contributed by atoms with Gasteiger partial charge < -0.3 is 9.84 Å². The van der Waals surface area contributed by atoms with Gasteiger partial charge >= 0.3 is 5.97 Å². The first kappa shape index (κ1) is 10.9. The first-order valence-corrected chi connectivity index (χ1v) is 3.89. The second-order valence-corrected chi connectivity index (χ2v) is 2.61. The van der Waals surface area contributed by atoms with Crippen molar-refractivity contribution in [2.24, 2.45) is 11.1 Å². The molecule has 0 heterocycles. The summed E-state index contributed by atoms with van der Waals surface area (Å²) in [6, 6.07) is 4.04. The number of carbonyl (C=O) groups is 1. The van der Waals surface area contributed by atoms with Crippen molar-refractivity contribution in [1.29, 1.82) is 0 Å². The Morgan fingerprint density at radius 2 is 2.27 bits per heavy atom. The third kappa shape index (κ3) is 2.20. The molecule has 0 fully saturated rings. The van der Waals surface area contributed by atoms with E-state index in [9.17, 15) is 9.70 Å². The Balaban J connectivity index is 3.28. The third-order valence-corrected chi connectivity index (χ3v) is 1.77. The molecule has 0 unspecified atom stereocenters. The van der Waals surface area contributed by atoms with Crippen molar-refractivity contribution < 1.29 is 14.6 Å². The summed E-state index contributed by atoms with van der Waals surface area (Å²) < 4.78 is 4.87. The number of rotatable bonds is 4. The molecule has 0 saturated heterocycles. The summed E-state index contributed by atoms with van der Waals surface area (Å²) in [4.78, 5) is 21.0. The predicted octanol–water partition coefficient (Wildman–Crippen LogP) is 0.755. The Labute approximate surface area is 85.0 Å². The van der Waals surface area contributed by atoms with Crippen molar-refractivity contribution in [1.82, 2.24) is 0 Å². The highest BCUT2D eigenvalue weighted by Gasteiger charge is 2.15. The maximum atomic E-state index is 10.8. The Bertz CT molecular complexity index is 393. The lowest BCUT2D eigenvalue weighted by molar-refractivity contribution is 0.0697. The van der Waals surface area contributed by atoms with Crippen molar-refractivity contribution >= 4 is 11.7 Å². The largest absolute Gasteiger partial charge is 0.497 e. The molecular formula is C8H9N3O4. The molecule has 15 heavy (non-hydrogen) atoms. The standard InChI is InChI=1S/C8H9N3O4/c1-15-5-2-3-6(8(12)13)7(4-5)11(9)10-14/h2-4H,9H2,1H3,(H,12,13). The molecule has 0 spiro atoms. The van der Waals surface area contributed by atoms with E-state index in [1.54, 1.807) is 0 Å². The van der Waals surface area contributed by atoms with Gasteiger partial charge in [-0.1, -0.05) is 0 Å². The van der Waals surface area contributed by atoms with Gasteiger partial charge in [-0.15, -0.1) is 4.91 Å². The summed E-state index contributed by atoms with van der Waals surface area (Å²) in [6.45, 7) is 0. The molecule has 0 bridgehead atoms. The molecule has 0 atom stereocenters. The number of anilines is 1. The molecule has 0 amide bonds. The maximum absolute atomic E-state index is 10.8. The fraction of sp³-hybridized carbons (Fsp3) is 0.125. The van der Waals surface area contributed by atoms with Gasteiger partial charge in [-0.3, -0.25) is 0 Å². The highest BCUT2D eigenvalue weighted by Crippen LogP contribution is 2.24. The molecule has 80 valence electrons. The normalized spacial score (nSPS) is 9.47. The molecule has 1 aromatic rings. The third-order valence-electron chi connectivity index (χ3n) is 1.77. The average molecular weight is 211 g/mol. The number of benzene rings is 1. The van der Waals surface area contributed by atoms with Crippen LogP contribution in [0.25, 0.3) is 0 Å². The monoisotopic (exact) mass is 211 g/mol. The van der Waals surface area contributed by atoms with Crippen LogP contribution in [0, 0.1) is 4.91 Å². The lowest BCUT2D eigenvalue weighted by atomic mass is 10.1. The number of carboxylic acids is 1. The van der Waals surface area contributed by atoms with Gasteiger partial charge in [-0.2, -0.15) is 5.12 Å². The minimum Gasteiger partial charge on any atom is -0.497 e. The lowest BCUT2D eigenvalue weighted by Crippen LogP contribution is -2.25. The quantitative estimate of drug-likeness (QED) is 0.432. The summed E-state index contributed by atoms with van der Waals surface area (Å²) >= 11 is 0. The second kappa shape index (κ2) is 4.38. The molecule has 1 aromatic carbocycles. The number of hydrazine groups is 1. The number of ether oxygens (including phenoxy) is 1. The first-order chi connectivity index (χ1) is 7.10. The van der Waals surface area contributed by atoms with Gasteiger partial charge in [0.25, 0.3) is 0 Å². The first-order valence-electron chi connectivity index (χ1n) is 3.89. The van der Waals surface area contributed by atoms with Crippen molar-refractivity contribution in [3.05, 3.63) is 28.7 Å². The van der Waals surface area contributed by atoms with Crippen LogP contribution in [0.3, 0.4) is 0 Å². The van der Waals surface area contributed by atoms with Crippen molar-refractivity contribution in [2.45, 2.75) is 0 Å². The zero-order valence-electron chi connectivity index (χ0n) is 7.88. The van der Waals surface area contributed by atoms with Gasteiger partial charge in [0.2, 0.25) is 0 Å². The van der Waals surface area contributed by atoms with E-state index in [0.29, 0.717) is 10.9 Å². The van der Waals surface area contributed by atoms with Crippen LogP contribution < -0.4 is 15.7 Å². The van der Waals surface area contributed by atoms with Gasteiger partial charge in [0.1, 0.15) is 5.75 Å². The van der Waals surface area contributed by atoms with Crippen molar-refractivity contribution in [2.75, 3.05) is 12.2 Å². The Morgan fingerprint density at radius 3 is 2.73 bits per heavy atom. The minimum absolute atomic E-state index is 0.0307. The number of methoxy groups -OCH3 is 1. The second-order valence-electron chi connectivity index (χ2n) is 2.61. The van der Waals surface area contributed by atoms with Gasteiger partial charge in [0.15, 0.2) is 0 Å². The highest BCUT2D eigenvalue weighted by atomic mass is 16.5. The van der Waals surface area contributed by atoms with E-state index >= 15 is 0 Å². The van der Waals surface area contributed by atoms with Gasteiger partial charge in [-0.05, 0) is 12.1 Å². The molecule has 0 aliphatic carbocycles. The summed E-state index contributed by atoms with van der Waals surface area (Å²) in [5, 5.41) is 11.7. The van der Waals surface area contributed by atoms with Crippen LogP contribution in [0.4, 0.5) is 5.69 Å². The van der Waals surface area contributed by atoms with Crippen molar-refractivity contribution in [3.8, 4) is 5.75 Å². The predicted molar refractivity (Wildman–Crippen MR) is 52.4 cm³/mol. The van der Waals surface area contributed by atoms with E-state index in [-0.39, 0.29) is 11.3 Å². The summed E-state index contributed by atoms with van der Waals surface area (Å²) in [6.07, 6.45) is 0. The zero-order valence-corrected chi connectivity index (χ0v) is 7.88. The van der Waals surface area contributed by atoms with E-state index in [4.69, 9.17) is 15.7 Å². The Hall–Kier alpha value is -2.15. The Kier molecular flexibility index (Phi) is 3.19. The SMILES string of the molecule is COc1ccc(C(=O)O)c(N(N)N=O)c1. The highest BCUT2D eigenvalue weighted by molar-refractivity contribution is 5.94. The molecule has 7 nitrogen and oxygen atoms in total. The molecule has 0 radical (unpaired) electrons. The van der Waals surface area contributed by atoms with Gasteiger partial charge in [0.05, 0.1) is 23.6 Å². The number of nitroso groups, excluding NO2 is 1. The van der Waals surface area contributed by atoms with Crippen LogP contribution in [0.2, 0.25) is 0 Å². The number of nitrogens with zero attached hydrogens (tertiary/aromatic N) is 2. The van der Waals surface area contributed by atoms with Crippen LogP contribution in [0.5, 0.6) is 5.75 Å². The van der Waals surface area contributed by atoms with E-state index in [0.717, 1.165) is 0 Å². The fourth-order valence-corrected chi connectivity index (χ4v) is 1.05. The molecule has 0 aliphatic rings. The van der Waals surface area contributed by atoms with Gasteiger partial charge in [0, 0.05) is 6.07 Å². The topological polar surface area (TPSA) is 105 Å². The number of carboxylic acid groups (broad SMARTS) is 1. The van der Waals surface area contributed by atoms with Crippen LogP contribution in [-0.4, -0.2) is 18.2 Å². The fourth-order valence-electron chi connectivity index (χ4n) is 1.05. The lowest BCUT2D eigenvalue weighted by Gasteiger charge is -2.12. The van der Waals surface area contributed by atoms with E-state index < -0.39 is 5.97 Å². The average Bonchev–Trinajstić information content (AvgIpc) is 2.26. The molecule has 1 rings (SSSR count). The molecular weight excluding hydrogens is 202 g/mol. The number of aromatic carboxylic acids is 1. The maximum Gasteiger partial charge on any atom is 0.337 e. The van der Waals surface area contributed by atoms with E-state index in [1.165, 1.54) is 25.3 Å². The van der Waals surface area contributed by atoms with Crippen LogP contribution in [-0.2, 0) is 0 Å². The molecule has 0 aliphatic heterocycles. The van der Waals surface area contributed by atoms with Crippen LogP contribution in [0.15, 0.2) is 23.5 Å². The van der Waals surface area contributed by atoms with Crippen LogP contribution >= 0.6 is 0 Å². The molecule has 3 N–H and O–H groups in total. The zero-order chi connectivity index (χ0) is 11.4. The number of hydrogen-bond donors (Lipinski definition) is 2. The van der Waals surface area contributed by atoms with E-state index in [2.05, 4.69) is 5.29 Å². The smallest absolute Gasteiger partial charge is 0.337 e. The Morgan fingerprint density at radius 1 is 1.60 bits per heavy atom. The van der Waals surface area contributed by atoms with E-state index in [1.807, 2.05) is 0 Å². The summed E-state index contributed by atoms with van der Waals surface area (Å²) in [5.74, 6) is 4.37. The van der Waals surface area contributed by atoms with Gasteiger partial charge in [-0.25, -0.2) is 10.6 Å². The van der Waals surface area contributed by atoms with Crippen molar-refractivity contribution in [3.63, 3.8) is 0 Å².